The molecule has 1 saturated heterocycles. The standard InChI is InChI=1S/C16H19N5O2/c1-11-3-2-5-18-13(11)8-19-16(23)14-7-12(22)9-21(14)15-4-6-17-10-20-15/h2-6,10,12,14,22H,7-9H2,1H3,(H,19,23). The lowest BCUT2D eigenvalue weighted by molar-refractivity contribution is -0.122. The average molecular weight is 313 g/mol. The van der Waals surface area contributed by atoms with E-state index in [4.69, 9.17) is 0 Å². The molecule has 2 N–H and O–H groups in total. The zero-order valence-electron chi connectivity index (χ0n) is 12.9. The van der Waals surface area contributed by atoms with E-state index < -0.39 is 12.1 Å². The van der Waals surface area contributed by atoms with Crippen molar-refractivity contribution in [2.75, 3.05) is 11.4 Å². The van der Waals surface area contributed by atoms with E-state index in [1.54, 1.807) is 18.5 Å². The van der Waals surface area contributed by atoms with Gasteiger partial charge in [-0.15, -0.1) is 0 Å². The fraction of sp³-hybridized carbons (Fsp3) is 0.375. The summed E-state index contributed by atoms with van der Waals surface area (Å²) in [4.78, 5) is 26.7. The lowest BCUT2D eigenvalue weighted by Crippen LogP contribution is -2.43. The molecule has 3 rings (SSSR count). The molecule has 120 valence electrons. The van der Waals surface area contributed by atoms with Gasteiger partial charge in [-0.3, -0.25) is 9.78 Å². The fourth-order valence-electron chi connectivity index (χ4n) is 2.76. The summed E-state index contributed by atoms with van der Waals surface area (Å²) in [6.07, 6.45) is 4.61. The molecule has 0 saturated carbocycles. The Morgan fingerprint density at radius 3 is 3.00 bits per heavy atom. The summed E-state index contributed by atoms with van der Waals surface area (Å²) in [5.41, 5.74) is 1.87. The number of carbonyl (C=O) groups excluding carboxylic acids is 1. The van der Waals surface area contributed by atoms with Crippen LogP contribution in [0.2, 0.25) is 0 Å². The maximum absolute atomic E-state index is 12.5. The first-order valence-electron chi connectivity index (χ1n) is 7.54. The van der Waals surface area contributed by atoms with Crippen LogP contribution in [0.5, 0.6) is 0 Å². The zero-order valence-corrected chi connectivity index (χ0v) is 12.9. The van der Waals surface area contributed by atoms with Crippen molar-refractivity contribution >= 4 is 11.7 Å². The van der Waals surface area contributed by atoms with Gasteiger partial charge in [0.25, 0.3) is 0 Å². The molecule has 0 bridgehead atoms. The second-order valence-corrected chi connectivity index (χ2v) is 5.61. The van der Waals surface area contributed by atoms with Crippen LogP contribution in [-0.4, -0.2) is 44.7 Å². The lowest BCUT2D eigenvalue weighted by Gasteiger charge is -2.24. The fourth-order valence-corrected chi connectivity index (χ4v) is 2.76. The lowest BCUT2D eigenvalue weighted by atomic mass is 10.1. The van der Waals surface area contributed by atoms with Crippen LogP contribution in [0.25, 0.3) is 0 Å². The number of rotatable bonds is 4. The Kier molecular flexibility index (Phi) is 4.47. The first-order valence-corrected chi connectivity index (χ1v) is 7.54. The number of β-amino-alcohol motifs (C(OH)–C–C–N with tert-alkyl or cyclic N) is 1. The minimum atomic E-state index is -0.544. The highest BCUT2D eigenvalue weighted by atomic mass is 16.3. The molecule has 2 atom stereocenters. The number of nitrogens with one attached hydrogen (secondary N) is 1. The molecule has 2 aromatic heterocycles. The van der Waals surface area contributed by atoms with Gasteiger partial charge in [-0.1, -0.05) is 6.07 Å². The average Bonchev–Trinajstić information content (AvgIpc) is 2.97. The van der Waals surface area contributed by atoms with E-state index in [-0.39, 0.29) is 5.91 Å². The smallest absolute Gasteiger partial charge is 0.243 e. The van der Waals surface area contributed by atoms with E-state index in [2.05, 4.69) is 20.3 Å². The number of aliphatic hydroxyl groups excluding tert-OH is 1. The number of anilines is 1. The quantitative estimate of drug-likeness (QED) is 0.851. The van der Waals surface area contributed by atoms with Crippen molar-refractivity contribution in [3.05, 3.63) is 48.2 Å². The number of nitrogens with zero attached hydrogens (tertiary/aromatic N) is 4. The number of pyridine rings is 1. The molecule has 2 unspecified atom stereocenters. The first-order chi connectivity index (χ1) is 11.1. The molecular formula is C16H19N5O2. The van der Waals surface area contributed by atoms with Crippen molar-refractivity contribution in [1.29, 1.82) is 0 Å². The van der Waals surface area contributed by atoms with E-state index in [0.717, 1.165) is 11.3 Å². The third-order valence-corrected chi connectivity index (χ3v) is 3.99. The molecule has 1 aliphatic rings. The van der Waals surface area contributed by atoms with E-state index in [9.17, 15) is 9.90 Å². The van der Waals surface area contributed by atoms with Crippen molar-refractivity contribution in [2.45, 2.75) is 32.0 Å². The van der Waals surface area contributed by atoms with Crippen molar-refractivity contribution < 1.29 is 9.90 Å². The molecule has 0 radical (unpaired) electrons. The van der Waals surface area contributed by atoms with Gasteiger partial charge in [-0.2, -0.15) is 0 Å². The number of amides is 1. The molecular weight excluding hydrogens is 294 g/mol. The normalized spacial score (nSPS) is 20.5. The van der Waals surface area contributed by atoms with E-state index in [1.807, 2.05) is 24.0 Å². The highest BCUT2D eigenvalue weighted by molar-refractivity contribution is 5.85. The van der Waals surface area contributed by atoms with Gasteiger partial charge in [0.05, 0.1) is 18.3 Å². The van der Waals surface area contributed by atoms with E-state index in [0.29, 0.717) is 25.3 Å². The summed E-state index contributed by atoms with van der Waals surface area (Å²) < 4.78 is 0. The minimum Gasteiger partial charge on any atom is -0.391 e. The molecule has 23 heavy (non-hydrogen) atoms. The summed E-state index contributed by atoms with van der Waals surface area (Å²) in [6.45, 7) is 2.72. The van der Waals surface area contributed by atoms with Crippen LogP contribution in [0, 0.1) is 6.92 Å². The Labute approximate surface area is 134 Å². The van der Waals surface area contributed by atoms with Crippen LogP contribution in [0.3, 0.4) is 0 Å². The number of aliphatic hydroxyl groups is 1. The molecule has 0 aromatic carbocycles. The summed E-state index contributed by atoms with van der Waals surface area (Å²) in [7, 11) is 0. The molecule has 7 nitrogen and oxygen atoms in total. The number of aryl methyl sites for hydroxylation is 1. The van der Waals surface area contributed by atoms with Gasteiger partial charge in [0.15, 0.2) is 0 Å². The van der Waals surface area contributed by atoms with E-state index in [1.165, 1.54) is 6.33 Å². The summed E-state index contributed by atoms with van der Waals surface area (Å²) >= 11 is 0. The first kappa shape index (κ1) is 15.4. The Balaban J connectivity index is 1.69. The third-order valence-electron chi connectivity index (χ3n) is 3.99. The number of hydrogen-bond acceptors (Lipinski definition) is 6. The second-order valence-electron chi connectivity index (χ2n) is 5.61. The largest absolute Gasteiger partial charge is 0.391 e. The number of carbonyl (C=O) groups is 1. The van der Waals surface area contributed by atoms with Crippen LogP contribution in [0.1, 0.15) is 17.7 Å². The van der Waals surface area contributed by atoms with Gasteiger partial charge >= 0.3 is 0 Å². The maximum atomic E-state index is 12.5. The van der Waals surface area contributed by atoms with Crippen LogP contribution in [0.15, 0.2) is 36.9 Å². The van der Waals surface area contributed by atoms with E-state index >= 15 is 0 Å². The van der Waals surface area contributed by atoms with Crippen LogP contribution < -0.4 is 10.2 Å². The predicted molar refractivity (Wildman–Crippen MR) is 84.6 cm³/mol. The third kappa shape index (κ3) is 3.45. The summed E-state index contributed by atoms with van der Waals surface area (Å²) in [6, 6.07) is 5.12. The molecule has 1 aliphatic heterocycles. The molecule has 1 amide bonds. The Morgan fingerprint density at radius 2 is 2.26 bits per heavy atom. The minimum absolute atomic E-state index is 0.134. The van der Waals surface area contributed by atoms with Crippen molar-refractivity contribution in [3.8, 4) is 0 Å². The van der Waals surface area contributed by atoms with Gasteiger partial charge < -0.3 is 15.3 Å². The predicted octanol–water partition coefficient (Wildman–Crippen LogP) is 0.436. The number of hydrogen-bond donors (Lipinski definition) is 2. The maximum Gasteiger partial charge on any atom is 0.243 e. The molecule has 7 heteroatoms. The second kappa shape index (κ2) is 6.70. The van der Waals surface area contributed by atoms with Crippen molar-refractivity contribution in [2.24, 2.45) is 0 Å². The zero-order chi connectivity index (χ0) is 16.2. The SMILES string of the molecule is Cc1cccnc1CNC(=O)C1CC(O)CN1c1ccncn1. The topological polar surface area (TPSA) is 91.2 Å². The van der Waals surface area contributed by atoms with Crippen LogP contribution in [0.4, 0.5) is 5.82 Å². The van der Waals surface area contributed by atoms with Crippen molar-refractivity contribution in [3.63, 3.8) is 0 Å². The molecule has 0 spiro atoms. The highest BCUT2D eigenvalue weighted by Gasteiger charge is 2.36. The molecule has 3 heterocycles. The highest BCUT2D eigenvalue weighted by Crippen LogP contribution is 2.23. The Hall–Kier alpha value is -2.54. The van der Waals surface area contributed by atoms with Gasteiger partial charge in [-0.25, -0.2) is 9.97 Å². The van der Waals surface area contributed by atoms with Gasteiger partial charge in [-0.05, 0) is 24.6 Å². The Morgan fingerprint density at radius 1 is 1.39 bits per heavy atom. The summed E-state index contributed by atoms with van der Waals surface area (Å²) in [5, 5.41) is 12.8. The summed E-state index contributed by atoms with van der Waals surface area (Å²) in [5.74, 6) is 0.510. The number of aromatic nitrogens is 3. The van der Waals surface area contributed by atoms with Gasteiger partial charge in [0, 0.05) is 25.4 Å². The van der Waals surface area contributed by atoms with Crippen LogP contribution >= 0.6 is 0 Å². The Bertz CT molecular complexity index is 679. The monoisotopic (exact) mass is 313 g/mol. The van der Waals surface area contributed by atoms with Crippen LogP contribution in [-0.2, 0) is 11.3 Å². The molecule has 0 aliphatic carbocycles. The van der Waals surface area contributed by atoms with Crippen molar-refractivity contribution in [1.82, 2.24) is 20.3 Å². The van der Waals surface area contributed by atoms with Gasteiger partial charge in [0.2, 0.25) is 5.91 Å². The van der Waals surface area contributed by atoms with Gasteiger partial charge in [0.1, 0.15) is 18.2 Å². The molecule has 1 fully saturated rings. The molecule has 2 aromatic rings.